The molecular weight excluding hydrogens is 348 g/mol. The number of hydrogen-bond acceptors (Lipinski definition) is 7. The molecule has 3 heterocycles. The van der Waals surface area contributed by atoms with Gasteiger partial charge in [-0.25, -0.2) is 4.98 Å². The summed E-state index contributed by atoms with van der Waals surface area (Å²) in [5.41, 5.74) is 4.98. The molecule has 0 unspecified atom stereocenters. The minimum Gasteiger partial charge on any atom is -0.492 e. The minimum absolute atomic E-state index is 0.0694. The summed E-state index contributed by atoms with van der Waals surface area (Å²) in [5, 5.41) is 23.1. The molecule has 1 aliphatic heterocycles. The quantitative estimate of drug-likeness (QED) is 0.523. The fourth-order valence-corrected chi connectivity index (χ4v) is 3.49. The van der Waals surface area contributed by atoms with Crippen molar-refractivity contribution in [2.24, 2.45) is 10.2 Å². The van der Waals surface area contributed by atoms with E-state index >= 15 is 0 Å². The van der Waals surface area contributed by atoms with E-state index in [-0.39, 0.29) is 5.88 Å². The van der Waals surface area contributed by atoms with Gasteiger partial charge in [0.05, 0.1) is 27.6 Å². The Labute approximate surface area is 151 Å². The Kier molecular flexibility index (Phi) is 3.29. The third kappa shape index (κ3) is 2.62. The van der Waals surface area contributed by atoms with Gasteiger partial charge in [0.2, 0.25) is 11.8 Å². The molecule has 7 nitrogen and oxygen atoms in total. The van der Waals surface area contributed by atoms with Crippen LogP contribution in [-0.2, 0) is 0 Å². The van der Waals surface area contributed by atoms with Gasteiger partial charge in [0.25, 0.3) is 0 Å². The molecule has 2 aromatic heterocycles. The van der Waals surface area contributed by atoms with Gasteiger partial charge in [-0.15, -0.1) is 11.3 Å². The summed E-state index contributed by atoms with van der Waals surface area (Å²) < 4.78 is 1.08. The molecule has 2 aromatic carbocycles. The minimum atomic E-state index is -0.0694. The highest BCUT2D eigenvalue weighted by Gasteiger charge is 2.08. The summed E-state index contributed by atoms with van der Waals surface area (Å²) in [7, 11) is 0. The summed E-state index contributed by atoms with van der Waals surface area (Å²) in [6.45, 7) is 0. The van der Waals surface area contributed by atoms with Crippen molar-refractivity contribution in [1.29, 1.82) is 0 Å². The molecule has 26 heavy (non-hydrogen) atoms. The van der Waals surface area contributed by atoms with Crippen LogP contribution in [0.2, 0.25) is 0 Å². The molecule has 1 aliphatic rings. The van der Waals surface area contributed by atoms with Crippen molar-refractivity contribution < 1.29 is 5.11 Å². The van der Waals surface area contributed by atoms with Crippen LogP contribution in [0.4, 0.5) is 17.3 Å². The second kappa shape index (κ2) is 5.78. The van der Waals surface area contributed by atoms with Crippen LogP contribution in [0.25, 0.3) is 22.5 Å². The van der Waals surface area contributed by atoms with E-state index in [0.717, 1.165) is 32.0 Å². The molecule has 8 heteroatoms. The molecule has 0 aliphatic carbocycles. The monoisotopic (exact) mass is 360 g/mol. The Bertz CT molecular complexity index is 1290. The summed E-state index contributed by atoms with van der Waals surface area (Å²) in [6.07, 6.45) is 3.53. The standard InChI is InChI=1S/C18H12N6OS/c25-17-15(6-10-1-2-11-8-20-24-14(11)5-10)22-18(23-17)21-12-3-4-13-16(7-12)26-9-19-13/h1-9,25H,(H2,21,22,23). The number of rotatable bonds is 3. The first-order valence-corrected chi connectivity index (χ1v) is 8.75. The maximum atomic E-state index is 10.1. The summed E-state index contributed by atoms with van der Waals surface area (Å²) >= 11 is 1.58. The molecular formula is C18H12N6OS. The van der Waals surface area contributed by atoms with Crippen molar-refractivity contribution >= 4 is 51.2 Å². The number of thiazole rings is 1. The first-order valence-electron chi connectivity index (χ1n) is 7.87. The highest BCUT2D eigenvalue weighted by Crippen LogP contribution is 2.25. The number of hydrogen-bond donors (Lipinski definition) is 3. The third-order valence-electron chi connectivity index (χ3n) is 4.03. The van der Waals surface area contributed by atoms with E-state index in [9.17, 15) is 5.11 Å². The fraction of sp³-hybridized carbons (Fsp3) is 0. The highest BCUT2D eigenvalue weighted by atomic mass is 32.1. The summed E-state index contributed by atoms with van der Waals surface area (Å²) in [4.78, 5) is 11.5. The predicted molar refractivity (Wildman–Crippen MR) is 101 cm³/mol. The Morgan fingerprint density at radius 1 is 1.15 bits per heavy atom. The van der Waals surface area contributed by atoms with Crippen molar-refractivity contribution in [1.82, 2.24) is 15.0 Å². The van der Waals surface area contributed by atoms with Crippen molar-refractivity contribution in [3.63, 3.8) is 0 Å². The molecule has 0 spiro atoms. The molecule has 0 bridgehead atoms. The average molecular weight is 360 g/mol. The van der Waals surface area contributed by atoms with Gasteiger partial charge in [0, 0.05) is 10.9 Å². The fourth-order valence-electron chi connectivity index (χ4n) is 2.77. The topological polar surface area (TPSA) is 98.6 Å². The van der Waals surface area contributed by atoms with Gasteiger partial charge in [-0.2, -0.15) is 15.2 Å². The normalized spacial score (nSPS) is 13.2. The Balaban J connectivity index is 1.47. The van der Waals surface area contributed by atoms with E-state index in [4.69, 9.17) is 0 Å². The van der Waals surface area contributed by atoms with Crippen LogP contribution in [0.3, 0.4) is 0 Å². The van der Waals surface area contributed by atoms with Gasteiger partial charge in [-0.1, -0.05) is 12.1 Å². The molecule has 126 valence electrons. The zero-order valence-electron chi connectivity index (χ0n) is 13.3. The van der Waals surface area contributed by atoms with Gasteiger partial charge in [0.1, 0.15) is 5.69 Å². The number of azo groups is 1. The number of H-pyrrole nitrogens is 1. The molecule has 3 N–H and O–H groups in total. The second-order valence-corrected chi connectivity index (χ2v) is 6.68. The molecule has 0 saturated carbocycles. The molecule has 0 atom stereocenters. The van der Waals surface area contributed by atoms with E-state index in [1.54, 1.807) is 17.5 Å². The van der Waals surface area contributed by atoms with E-state index in [1.165, 1.54) is 0 Å². The molecule has 0 amide bonds. The second-order valence-electron chi connectivity index (χ2n) is 5.79. The van der Waals surface area contributed by atoms with Gasteiger partial charge in [-0.3, -0.25) is 0 Å². The Hall–Kier alpha value is -3.52. The van der Waals surface area contributed by atoms with E-state index < -0.39 is 0 Å². The number of aromatic nitrogens is 3. The van der Waals surface area contributed by atoms with Crippen LogP contribution in [0.15, 0.2) is 52.1 Å². The number of aromatic amines is 1. The molecule has 5 rings (SSSR count). The van der Waals surface area contributed by atoms with Gasteiger partial charge >= 0.3 is 0 Å². The molecule has 0 fully saturated rings. The lowest BCUT2D eigenvalue weighted by Gasteiger charge is -2.01. The van der Waals surface area contributed by atoms with Gasteiger partial charge < -0.3 is 15.4 Å². The smallest absolute Gasteiger partial charge is 0.238 e. The maximum Gasteiger partial charge on any atom is 0.238 e. The van der Waals surface area contributed by atoms with E-state index in [0.29, 0.717) is 11.6 Å². The zero-order valence-corrected chi connectivity index (χ0v) is 14.2. The Morgan fingerprint density at radius 2 is 2.12 bits per heavy atom. The first-order chi connectivity index (χ1) is 12.7. The zero-order chi connectivity index (χ0) is 17.5. The number of nitrogens with one attached hydrogen (secondary N) is 2. The average Bonchev–Trinajstić information content (AvgIpc) is 3.35. The predicted octanol–water partition coefficient (Wildman–Crippen LogP) is 3.13. The van der Waals surface area contributed by atoms with E-state index in [2.05, 4.69) is 30.5 Å². The number of aromatic hydroxyl groups is 1. The number of fused-ring (bicyclic) bond motifs is 2. The van der Waals surface area contributed by atoms with Crippen molar-refractivity contribution in [3.05, 3.63) is 58.0 Å². The van der Waals surface area contributed by atoms with E-state index in [1.807, 2.05) is 48.0 Å². The number of anilines is 2. The van der Waals surface area contributed by atoms with Crippen LogP contribution in [-0.4, -0.2) is 20.1 Å². The van der Waals surface area contributed by atoms with Gasteiger partial charge in [0.15, 0.2) is 0 Å². The van der Waals surface area contributed by atoms with Crippen LogP contribution in [0.5, 0.6) is 5.88 Å². The largest absolute Gasteiger partial charge is 0.492 e. The third-order valence-corrected chi connectivity index (χ3v) is 4.83. The number of nitrogens with zero attached hydrogens (tertiary/aromatic N) is 4. The Morgan fingerprint density at radius 3 is 3.08 bits per heavy atom. The van der Waals surface area contributed by atoms with Crippen LogP contribution >= 0.6 is 11.3 Å². The van der Waals surface area contributed by atoms with Crippen LogP contribution in [0.1, 0.15) is 5.69 Å². The van der Waals surface area contributed by atoms with Crippen molar-refractivity contribution in [3.8, 4) is 5.88 Å². The SMILES string of the molecule is Oc1nc(Nc2ccc3ncsc3c2)[nH]c1C=c1ccc2c(c1)N=NC=2. The molecule has 4 aromatic rings. The lowest BCUT2D eigenvalue weighted by molar-refractivity contribution is 0.455. The molecule has 0 radical (unpaired) electrons. The van der Waals surface area contributed by atoms with Crippen molar-refractivity contribution in [2.75, 3.05) is 5.32 Å². The van der Waals surface area contributed by atoms with Crippen LogP contribution < -0.4 is 15.8 Å². The lowest BCUT2D eigenvalue weighted by atomic mass is 10.2. The lowest BCUT2D eigenvalue weighted by Crippen LogP contribution is -2.06. The number of imidazole rings is 1. The number of benzene rings is 2. The highest BCUT2D eigenvalue weighted by molar-refractivity contribution is 7.16. The maximum absolute atomic E-state index is 10.1. The summed E-state index contributed by atoms with van der Waals surface area (Å²) in [5.74, 6) is 0.395. The van der Waals surface area contributed by atoms with Crippen LogP contribution in [0, 0.1) is 0 Å². The summed E-state index contributed by atoms with van der Waals surface area (Å²) in [6, 6.07) is 11.7. The van der Waals surface area contributed by atoms with Gasteiger partial charge in [-0.05, 0) is 35.6 Å². The van der Waals surface area contributed by atoms with Crippen molar-refractivity contribution in [2.45, 2.75) is 0 Å². The molecule has 0 saturated heterocycles. The first kappa shape index (κ1) is 14.8.